The number of nitro benzene ring substituents is 1. The zero-order valence-electron chi connectivity index (χ0n) is 21.6. The number of carbonyl (C=O) groups excluding carboxylic acids is 3. The van der Waals surface area contributed by atoms with Crippen LogP contribution in [0.2, 0.25) is 0 Å². The summed E-state index contributed by atoms with van der Waals surface area (Å²) in [5.41, 5.74) is 0.0670. The van der Waals surface area contributed by atoms with E-state index < -0.39 is 76.3 Å². The van der Waals surface area contributed by atoms with E-state index in [0.29, 0.717) is 16.8 Å². The number of non-ortho nitro benzene ring substituents is 1. The number of carbonyl (C=O) groups is 3. The maximum absolute atomic E-state index is 14.5. The number of anilines is 1. The summed E-state index contributed by atoms with van der Waals surface area (Å²) in [7, 11) is 0. The van der Waals surface area contributed by atoms with Crippen molar-refractivity contribution in [2.75, 3.05) is 11.4 Å². The average Bonchev–Trinajstić information content (AvgIpc) is 3.69. The number of benzene rings is 3. The van der Waals surface area contributed by atoms with Crippen LogP contribution >= 0.6 is 0 Å². The van der Waals surface area contributed by atoms with Crippen molar-refractivity contribution in [1.29, 1.82) is 0 Å². The molecule has 0 saturated carbocycles. The molecule has 43 heavy (non-hydrogen) atoms. The molecule has 3 aromatic rings. The fraction of sp³-hybridized carbons (Fsp3) is 0.185. The Labute approximate surface area is 238 Å². The van der Waals surface area contributed by atoms with Gasteiger partial charge in [0.25, 0.3) is 23.4 Å². The van der Waals surface area contributed by atoms with Gasteiger partial charge in [0, 0.05) is 24.6 Å². The van der Waals surface area contributed by atoms with Crippen molar-refractivity contribution in [3.8, 4) is 0 Å². The molecule has 0 aromatic heterocycles. The van der Waals surface area contributed by atoms with E-state index in [1.807, 2.05) is 0 Å². The minimum atomic E-state index is -1.95. The second-order valence-corrected chi connectivity index (χ2v) is 9.74. The smallest absolute Gasteiger partial charge is 0.269 e. The van der Waals surface area contributed by atoms with Gasteiger partial charge in [-0.1, -0.05) is 47.7 Å². The summed E-state index contributed by atoms with van der Waals surface area (Å²) in [6, 6.07) is 10.4. The fourth-order valence-corrected chi connectivity index (χ4v) is 5.17. The molecule has 0 bridgehead atoms. The summed E-state index contributed by atoms with van der Waals surface area (Å²) in [4.78, 5) is 50.2. The Bertz CT molecular complexity index is 1730. The quantitative estimate of drug-likeness (QED) is 0.140. The Balaban J connectivity index is 1.28. The molecular weight excluding hydrogens is 578 g/mol. The average molecular weight is 595 g/mol. The molecule has 3 aliphatic heterocycles. The van der Waals surface area contributed by atoms with Gasteiger partial charge >= 0.3 is 0 Å². The molecule has 0 aliphatic carbocycles. The third-order valence-electron chi connectivity index (χ3n) is 7.23. The van der Waals surface area contributed by atoms with Gasteiger partial charge in [-0.15, -0.1) is 0 Å². The summed E-state index contributed by atoms with van der Waals surface area (Å²) < 4.78 is 56.6. The Morgan fingerprint density at radius 2 is 1.60 bits per heavy atom. The lowest BCUT2D eigenvalue weighted by atomic mass is 9.98. The first kappa shape index (κ1) is 27.6. The van der Waals surface area contributed by atoms with E-state index in [2.05, 4.69) is 15.4 Å². The zero-order chi connectivity index (χ0) is 30.6. The van der Waals surface area contributed by atoms with Crippen molar-refractivity contribution in [3.05, 3.63) is 105 Å². The first-order valence-electron chi connectivity index (χ1n) is 12.6. The van der Waals surface area contributed by atoms with Gasteiger partial charge in [-0.2, -0.15) is 10.2 Å². The number of imide groups is 1. The molecule has 0 unspecified atom stereocenters. The van der Waals surface area contributed by atoms with Gasteiger partial charge in [-0.25, -0.2) is 27.5 Å². The number of hydrogen-bond donors (Lipinski definition) is 0. The van der Waals surface area contributed by atoms with Gasteiger partial charge in [0.15, 0.2) is 35.4 Å². The van der Waals surface area contributed by atoms with E-state index in [4.69, 9.17) is 0 Å². The molecule has 1 saturated heterocycles. The van der Waals surface area contributed by atoms with Gasteiger partial charge in [0.1, 0.15) is 12.2 Å². The molecule has 0 spiro atoms. The largest absolute Gasteiger partial charge is 0.271 e. The SMILES string of the molecule is O=C1[C@@H]2N=NN(CC(=O)N3N=C(c4ccccc4)C[C@@H]3c3ccc([N+](=O)[O-])cc3)[C@H]2C(=O)N1c1c(F)c(F)cc(F)c1F. The molecule has 1 fully saturated rings. The van der Waals surface area contributed by atoms with Crippen molar-refractivity contribution in [1.82, 2.24) is 10.0 Å². The highest BCUT2D eigenvalue weighted by Gasteiger charge is 2.57. The second kappa shape index (κ2) is 10.4. The third-order valence-corrected chi connectivity index (χ3v) is 7.23. The summed E-state index contributed by atoms with van der Waals surface area (Å²) in [5.74, 6) is -10.8. The van der Waals surface area contributed by atoms with E-state index in [1.54, 1.807) is 30.3 Å². The highest BCUT2D eigenvalue weighted by Crippen LogP contribution is 2.37. The molecular formula is C27H17F4N7O5. The number of hydrogen-bond acceptors (Lipinski definition) is 9. The maximum Gasteiger partial charge on any atom is 0.269 e. The van der Waals surface area contributed by atoms with E-state index in [9.17, 15) is 42.1 Å². The van der Waals surface area contributed by atoms with Crippen molar-refractivity contribution in [2.45, 2.75) is 24.5 Å². The van der Waals surface area contributed by atoms with E-state index in [-0.39, 0.29) is 23.1 Å². The van der Waals surface area contributed by atoms with Crippen LogP contribution in [0, 0.1) is 33.4 Å². The van der Waals surface area contributed by atoms with Gasteiger partial charge in [0.2, 0.25) is 0 Å². The van der Waals surface area contributed by atoms with Crippen LogP contribution in [0.15, 0.2) is 76.1 Å². The number of rotatable bonds is 6. The van der Waals surface area contributed by atoms with Crippen molar-refractivity contribution < 1.29 is 36.9 Å². The van der Waals surface area contributed by atoms with Crippen LogP contribution < -0.4 is 4.90 Å². The normalized spacial score (nSPS) is 21.1. The second-order valence-electron chi connectivity index (χ2n) is 9.74. The van der Waals surface area contributed by atoms with Crippen LogP contribution in [0.3, 0.4) is 0 Å². The predicted octanol–water partition coefficient (Wildman–Crippen LogP) is 3.82. The first-order valence-corrected chi connectivity index (χ1v) is 12.6. The number of halogens is 4. The fourth-order valence-electron chi connectivity index (χ4n) is 5.17. The Morgan fingerprint density at radius 3 is 2.23 bits per heavy atom. The van der Waals surface area contributed by atoms with Gasteiger partial charge in [0.05, 0.1) is 16.7 Å². The lowest BCUT2D eigenvalue weighted by molar-refractivity contribution is -0.384. The van der Waals surface area contributed by atoms with Crippen LogP contribution in [0.25, 0.3) is 0 Å². The zero-order valence-corrected chi connectivity index (χ0v) is 21.6. The Kier molecular flexibility index (Phi) is 6.67. The molecule has 3 atom stereocenters. The minimum absolute atomic E-state index is 0.0387. The molecule has 0 radical (unpaired) electrons. The lowest BCUT2D eigenvalue weighted by Gasteiger charge is -2.25. The van der Waals surface area contributed by atoms with Crippen molar-refractivity contribution in [2.24, 2.45) is 15.4 Å². The van der Waals surface area contributed by atoms with Crippen LogP contribution in [-0.4, -0.2) is 57.0 Å². The highest BCUT2D eigenvalue weighted by atomic mass is 19.2. The first-order chi connectivity index (χ1) is 20.6. The summed E-state index contributed by atoms with van der Waals surface area (Å²) in [5, 5.41) is 24.9. The molecule has 3 amide bonds. The van der Waals surface area contributed by atoms with Crippen LogP contribution in [0.5, 0.6) is 0 Å². The van der Waals surface area contributed by atoms with Crippen molar-refractivity contribution in [3.63, 3.8) is 0 Å². The van der Waals surface area contributed by atoms with E-state index in [1.165, 1.54) is 24.3 Å². The molecule has 0 N–H and O–H groups in total. The number of nitrogens with zero attached hydrogens (tertiary/aromatic N) is 7. The molecule has 3 aromatic carbocycles. The molecule has 12 nitrogen and oxygen atoms in total. The van der Waals surface area contributed by atoms with Crippen LogP contribution in [0.4, 0.5) is 28.9 Å². The van der Waals surface area contributed by atoms with Crippen LogP contribution in [-0.2, 0) is 14.4 Å². The lowest BCUT2D eigenvalue weighted by Crippen LogP contribution is -2.45. The standard InChI is InChI=1S/C27H17F4N7O5/c28-16-10-17(29)22(31)24(21(16)30)36-26(40)23-25(27(36)41)35(34-32-23)12-20(39)37-19(14-6-8-15(9-7-14)38(42)43)11-18(33-37)13-4-2-1-3-5-13/h1-10,19,23,25H,11-12H2/t19-,23-,25-/m1/s1. The topological polar surface area (TPSA) is 141 Å². The van der Waals surface area contributed by atoms with Gasteiger partial charge in [-0.05, 0) is 11.1 Å². The third kappa shape index (κ3) is 4.56. The summed E-state index contributed by atoms with van der Waals surface area (Å²) in [6.45, 7) is -0.672. The molecule has 3 aliphatic rings. The number of fused-ring (bicyclic) bond motifs is 1. The minimum Gasteiger partial charge on any atom is -0.271 e. The molecule has 218 valence electrons. The van der Waals surface area contributed by atoms with E-state index in [0.717, 1.165) is 10.0 Å². The number of amides is 3. The monoisotopic (exact) mass is 595 g/mol. The number of hydrazone groups is 1. The molecule has 3 heterocycles. The molecule has 6 rings (SSSR count). The molecule has 16 heteroatoms. The summed E-state index contributed by atoms with van der Waals surface area (Å²) in [6.07, 6.45) is 0.232. The van der Waals surface area contributed by atoms with Crippen LogP contribution in [0.1, 0.15) is 23.6 Å². The Morgan fingerprint density at radius 1 is 0.953 bits per heavy atom. The van der Waals surface area contributed by atoms with E-state index >= 15 is 0 Å². The number of nitro groups is 1. The van der Waals surface area contributed by atoms with Gasteiger partial charge < -0.3 is 0 Å². The predicted molar refractivity (Wildman–Crippen MR) is 138 cm³/mol. The van der Waals surface area contributed by atoms with Gasteiger partial charge in [-0.3, -0.25) is 29.5 Å². The maximum atomic E-state index is 14.5. The van der Waals surface area contributed by atoms with Crippen molar-refractivity contribution >= 4 is 34.8 Å². The summed E-state index contributed by atoms with van der Waals surface area (Å²) >= 11 is 0. The Hall–Kier alpha value is -5.54. The highest BCUT2D eigenvalue weighted by molar-refractivity contribution is 6.25.